The summed E-state index contributed by atoms with van der Waals surface area (Å²) in [6, 6.07) is 0. The van der Waals surface area contributed by atoms with Crippen LogP contribution in [0, 0.1) is 35.5 Å². The van der Waals surface area contributed by atoms with Crippen molar-refractivity contribution < 1.29 is 71.4 Å². The van der Waals surface area contributed by atoms with Gasteiger partial charge < -0.3 is 42.6 Å². The lowest BCUT2D eigenvalue weighted by atomic mass is 9.79. The van der Waals surface area contributed by atoms with E-state index in [0.717, 1.165) is 32.1 Å². The summed E-state index contributed by atoms with van der Waals surface area (Å²) in [5, 5.41) is 0. The molecule has 3 aliphatic rings. The van der Waals surface area contributed by atoms with E-state index in [4.69, 9.17) is 42.6 Å². The first kappa shape index (κ1) is 50.1. The molecule has 0 heterocycles. The molecule has 0 saturated heterocycles. The highest BCUT2D eigenvalue weighted by Crippen LogP contribution is 2.37. The second-order valence-corrected chi connectivity index (χ2v) is 16.3. The molecule has 0 amide bonds. The summed E-state index contributed by atoms with van der Waals surface area (Å²) in [6.45, 7) is 12.7. The molecule has 15 nitrogen and oxygen atoms in total. The van der Waals surface area contributed by atoms with Crippen LogP contribution in [-0.2, 0) is 71.4 Å². The lowest BCUT2D eigenvalue weighted by Gasteiger charge is -2.37. The Bertz CT molecular complexity index is 1270. The molecule has 0 aromatic heterocycles. The van der Waals surface area contributed by atoms with Gasteiger partial charge in [-0.25, -0.2) is 0 Å². The smallest absolute Gasteiger partial charge is 0.312 e. The summed E-state index contributed by atoms with van der Waals surface area (Å²) in [5.41, 5.74) is -1.66. The zero-order valence-corrected chi connectivity index (χ0v) is 36.7. The maximum absolute atomic E-state index is 14.2. The van der Waals surface area contributed by atoms with Crippen molar-refractivity contribution >= 4 is 35.8 Å². The third-order valence-electron chi connectivity index (χ3n) is 11.5. The van der Waals surface area contributed by atoms with Crippen LogP contribution in [0.25, 0.3) is 0 Å². The zero-order chi connectivity index (χ0) is 43.4. The van der Waals surface area contributed by atoms with Crippen LogP contribution in [-0.4, -0.2) is 93.3 Å². The van der Waals surface area contributed by atoms with E-state index in [2.05, 4.69) is 0 Å². The van der Waals surface area contributed by atoms with Crippen LogP contribution in [0.1, 0.15) is 151 Å². The van der Waals surface area contributed by atoms with E-state index in [9.17, 15) is 28.8 Å². The van der Waals surface area contributed by atoms with Crippen molar-refractivity contribution in [3.05, 3.63) is 0 Å². The van der Waals surface area contributed by atoms with Gasteiger partial charge in [0.25, 0.3) is 0 Å². The minimum atomic E-state index is -1.66. The first-order chi connectivity index (χ1) is 28.3. The molecule has 0 aromatic carbocycles. The highest BCUT2D eigenvalue weighted by Gasteiger charge is 2.46. The van der Waals surface area contributed by atoms with Gasteiger partial charge in [-0.2, -0.15) is 0 Å². The van der Waals surface area contributed by atoms with Crippen LogP contribution in [0.3, 0.4) is 0 Å². The molecular weight excluding hydrogens is 768 g/mol. The molecule has 59 heavy (non-hydrogen) atoms. The van der Waals surface area contributed by atoms with Crippen molar-refractivity contribution in [1.82, 2.24) is 0 Å². The number of hydrogen-bond donors (Lipinski definition) is 0. The highest BCUT2D eigenvalue weighted by atomic mass is 16.7. The number of esters is 6. The second kappa shape index (κ2) is 26.1. The van der Waals surface area contributed by atoms with Gasteiger partial charge in [0.1, 0.15) is 13.2 Å². The predicted octanol–water partition coefficient (Wildman–Crippen LogP) is 7.13. The fourth-order valence-corrected chi connectivity index (χ4v) is 8.08. The molecule has 338 valence electrons. The molecule has 3 saturated carbocycles. The van der Waals surface area contributed by atoms with Gasteiger partial charge in [0.2, 0.25) is 0 Å². The van der Waals surface area contributed by atoms with Crippen molar-refractivity contribution in [3.63, 3.8) is 0 Å². The van der Waals surface area contributed by atoms with Crippen LogP contribution in [0.4, 0.5) is 0 Å². The minimum absolute atomic E-state index is 0.0634. The quantitative estimate of drug-likeness (QED) is 0.0542. The maximum atomic E-state index is 14.2. The fourth-order valence-electron chi connectivity index (χ4n) is 8.08. The SMILES string of the molecule is CCCOC(C)OC(=O)C1CCCCC1C(=O)OCC(CC)(COC(=O)C1CCCCC1C(=O)OC(C)OCCC)OC(=O)C1CCCCC1C(=O)OC(C)OCCC. The number of ether oxygens (including phenoxy) is 9. The van der Waals surface area contributed by atoms with E-state index in [1.54, 1.807) is 27.7 Å². The van der Waals surface area contributed by atoms with E-state index in [1.165, 1.54) is 0 Å². The summed E-state index contributed by atoms with van der Waals surface area (Å²) in [6.07, 6.45) is 6.62. The lowest BCUT2D eigenvalue weighted by Crippen LogP contribution is -2.49. The topological polar surface area (TPSA) is 185 Å². The van der Waals surface area contributed by atoms with Crippen molar-refractivity contribution in [3.8, 4) is 0 Å². The number of carbonyl (C=O) groups is 6. The number of hydrogen-bond acceptors (Lipinski definition) is 15. The normalized spacial score (nSPS) is 25.9. The van der Waals surface area contributed by atoms with Gasteiger partial charge in [0, 0.05) is 0 Å². The standard InChI is InChI=1S/C44H72O15/c1-8-24-51-29(5)56-40(47)34-20-14-12-18-32(34)38(45)54-27-44(11-4,59-43(50)37-23-17-16-22-36(37)42(49)58-31(7)53-26-10-3)28-55-39(46)33-19-13-15-21-35(33)41(48)57-30(6)52-25-9-2/h29-37H,8-28H2,1-7H3. The monoisotopic (exact) mass is 840 g/mol. The Balaban J connectivity index is 1.84. The van der Waals surface area contributed by atoms with Crippen LogP contribution in [0.5, 0.6) is 0 Å². The highest BCUT2D eigenvalue weighted by molar-refractivity contribution is 5.84. The largest absolute Gasteiger partial charge is 0.461 e. The molecule has 9 atom stereocenters. The zero-order valence-electron chi connectivity index (χ0n) is 36.7. The van der Waals surface area contributed by atoms with Gasteiger partial charge in [0.15, 0.2) is 24.5 Å². The Labute approximate surface area is 350 Å². The van der Waals surface area contributed by atoms with Crippen molar-refractivity contribution in [2.45, 2.75) is 176 Å². The van der Waals surface area contributed by atoms with Gasteiger partial charge in [-0.1, -0.05) is 66.2 Å². The van der Waals surface area contributed by atoms with Gasteiger partial charge in [0.05, 0.1) is 55.3 Å². The lowest BCUT2D eigenvalue weighted by molar-refractivity contribution is -0.200. The first-order valence-corrected chi connectivity index (χ1v) is 22.3. The van der Waals surface area contributed by atoms with Gasteiger partial charge in [-0.3, -0.25) is 28.8 Å². The summed E-state index contributed by atoms with van der Waals surface area (Å²) in [4.78, 5) is 81.8. The average Bonchev–Trinajstić information content (AvgIpc) is 3.24. The molecule has 3 aliphatic carbocycles. The van der Waals surface area contributed by atoms with E-state index < -0.39 is 109 Å². The summed E-state index contributed by atoms with van der Waals surface area (Å²) in [7, 11) is 0. The molecule has 15 heteroatoms. The van der Waals surface area contributed by atoms with Gasteiger partial charge in [-0.15, -0.1) is 0 Å². The third-order valence-corrected chi connectivity index (χ3v) is 11.5. The molecule has 0 N–H and O–H groups in total. The first-order valence-electron chi connectivity index (χ1n) is 22.3. The number of carbonyl (C=O) groups excluding carboxylic acids is 6. The van der Waals surface area contributed by atoms with Crippen molar-refractivity contribution in [2.75, 3.05) is 33.0 Å². The molecule has 0 aromatic rings. The molecule has 3 fully saturated rings. The fraction of sp³-hybridized carbons (Fsp3) is 0.864. The minimum Gasteiger partial charge on any atom is -0.461 e. The second-order valence-electron chi connectivity index (χ2n) is 16.3. The summed E-state index contributed by atoms with van der Waals surface area (Å²) >= 11 is 0. The molecule has 0 bridgehead atoms. The molecule has 0 radical (unpaired) electrons. The molecule has 0 aliphatic heterocycles. The Kier molecular flexibility index (Phi) is 22.2. The van der Waals surface area contributed by atoms with E-state index in [1.807, 2.05) is 20.8 Å². The summed E-state index contributed by atoms with van der Waals surface area (Å²) in [5.74, 6) is -8.48. The molecule has 9 unspecified atom stereocenters. The van der Waals surface area contributed by atoms with E-state index in [-0.39, 0.29) is 6.42 Å². The van der Waals surface area contributed by atoms with Crippen LogP contribution < -0.4 is 0 Å². The Morgan fingerprint density at radius 1 is 0.441 bits per heavy atom. The Morgan fingerprint density at radius 2 is 0.712 bits per heavy atom. The van der Waals surface area contributed by atoms with Gasteiger partial charge in [-0.05, 0) is 85.0 Å². The molecule has 3 rings (SSSR count). The maximum Gasteiger partial charge on any atom is 0.312 e. The molecule has 0 spiro atoms. The van der Waals surface area contributed by atoms with Gasteiger partial charge >= 0.3 is 35.8 Å². The Hall–Kier alpha value is -3.30. The molecular formula is C44H72O15. The van der Waals surface area contributed by atoms with Crippen molar-refractivity contribution in [1.29, 1.82) is 0 Å². The van der Waals surface area contributed by atoms with Crippen LogP contribution in [0.15, 0.2) is 0 Å². The Morgan fingerprint density at radius 3 is 0.983 bits per heavy atom. The third kappa shape index (κ3) is 15.9. The number of rotatable bonds is 24. The average molecular weight is 841 g/mol. The van der Waals surface area contributed by atoms with E-state index in [0.29, 0.717) is 84.0 Å². The predicted molar refractivity (Wildman–Crippen MR) is 213 cm³/mol. The van der Waals surface area contributed by atoms with Crippen LogP contribution in [0.2, 0.25) is 0 Å². The summed E-state index contributed by atoms with van der Waals surface area (Å²) < 4.78 is 51.3. The van der Waals surface area contributed by atoms with Crippen LogP contribution >= 0.6 is 0 Å². The van der Waals surface area contributed by atoms with Crippen molar-refractivity contribution in [2.24, 2.45) is 35.5 Å². The van der Waals surface area contributed by atoms with E-state index >= 15 is 0 Å².